The van der Waals surface area contributed by atoms with Crippen LogP contribution in [0.5, 0.6) is 0 Å². The summed E-state index contributed by atoms with van der Waals surface area (Å²) in [5, 5.41) is 6.79. The first-order valence-electron chi connectivity index (χ1n) is 4.67. The van der Waals surface area contributed by atoms with Crippen LogP contribution in [0.3, 0.4) is 0 Å². The fraction of sp³-hybridized carbons (Fsp3) is 0.100. The maximum absolute atomic E-state index is 5.61. The van der Waals surface area contributed by atoms with Crippen LogP contribution in [-0.4, -0.2) is 15.2 Å². The molecule has 2 rings (SSSR count). The summed E-state index contributed by atoms with van der Waals surface area (Å²) in [5.74, 6) is 0. The first kappa shape index (κ1) is 11.0. The molecule has 4 N–H and O–H groups in total. The molecule has 6 heteroatoms. The Morgan fingerprint density at radius 1 is 1.19 bits per heavy atom. The van der Waals surface area contributed by atoms with Crippen LogP contribution in [0.25, 0.3) is 0 Å². The number of benzene rings is 1. The summed E-state index contributed by atoms with van der Waals surface area (Å²) < 4.78 is 1.01. The predicted molar refractivity (Wildman–Crippen MR) is 68.3 cm³/mol. The molecule has 0 aliphatic heterocycles. The lowest BCUT2D eigenvalue weighted by Gasteiger charge is -2.01. The Morgan fingerprint density at radius 2 is 1.88 bits per heavy atom. The maximum atomic E-state index is 5.61. The van der Waals surface area contributed by atoms with E-state index in [1.807, 2.05) is 24.3 Å². The number of nitrogens with one attached hydrogen (secondary N) is 2. The van der Waals surface area contributed by atoms with E-state index in [0.717, 1.165) is 16.9 Å². The molecular formula is C10H10N4S2. The summed E-state index contributed by atoms with van der Waals surface area (Å²) in [5.41, 5.74) is 8.23. The molecule has 0 bridgehead atoms. The Kier molecular flexibility index (Phi) is 3.12. The third kappa shape index (κ3) is 2.53. The highest BCUT2D eigenvalue weighted by atomic mass is 32.1. The van der Waals surface area contributed by atoms with Crippen molar-refractivity contribution in [1.82, 2.24) is 15.2 Å². The smallest absolute Gasteiger partial charge is 0.192 e. The highest BCUT2D eigenvalue weighted by Gasteiger charge is 2.00. The minimum absolute atomic E-state index is 0.436. The van der Waals surface area contributed by atoms with Crippen molar-refractivity contribution in [3.8, 4) is 0 Å². The number of aromatic amines is 2. The molecule has 0 spiro atoms. The Balaban J connectivity index is 2.30. The number of nitrogen functional groups attached to an aromatic ring is 1. The third-order valence-corrected chi connectivity index (χ3v) is 2.66. The highest BCUT2D eigenvalue weighted by Crippen LogP contribution is 2.09. The van der Waals surface area contributed by atoms with Gasteiger partial charge < -0.3 is 10.7 Å². The number of nitrogens with two attached hydrogens (primary N) is 1. The summed E-state index contributed by atoms with van der Waals surface area (Å²) >= 11 is 10.0. The lowest BCUT2D eigenvalue weighted by Crippen LogP contribution is -1.98. The molecular weight excluding hydrogens is 240 g/mol. The summed E-state index contributed by atoms with van der Waals surface area (Å²) in [6.45, 7) is 0. The van der Waals surface area contributed by atoms with E-state index in [9.17, 15) is 0 Å². The third-order valence-electron chi connectivity index (χ3n) is 2.13. The summed E-state index contributed by atoms with van der Waals surface area (Å²) in [4.78, 5) is 2.86. The number of hydrogen-bond acceptors (Lipinski definition) is 4. The van der Waals surface area contributed by atoms with Gasteiger partial charge in [-0.15, -0.1) is 0 Å². The Morgan fingerprint density at radius 3 is 2.50 bits per heavy atom. The Hall–Kier alpha value is -1.53. The average Bonchev–Trinajstić information content (AvgIpc) is 2.25. The van der Waals surface area contributed by atoms with Crippen molar-refractivity contribution in [2.24, 2.45) is 0 Å². The normalized spacial score (nSPS) is 10.2. The molecule has 82 valence electrons. The minimum atomic E-state index is 0.436. The standard InChI is InChI=1S/C10H10N4S2/c11-7-3-1-6(2-4-7)5-8-9(15)12-10(16)14-13-8/h1-4H,5,11H2,(H2,12,14,15,16). The topological polar surface area (TPSA) is 70.5 Å². The van der Waals surface area contributed by atoms with E-state index in [2.05, 4.69) is 15.2 Å². The number of H-pyrrole nitrogens is 2. The van der Waals surface area contributed by atoms with Gasteiger partial charge in [-0.3, -0.25) is 5.10 Å². The number of anilines is 1. The molecule has 1 heterocycles. The monoisotopic (exact) mass is 250 g/mol. The zero-order valence-corrected chi connectivity index (χ0v) is 9.99. The van der Waals surface area contributed by atoms with Gasteiger partial charge in [0.1, 0.15) is 4.64 Å². The van der Waals surface area contributed by atoms with E-state index < -0.39 is 0 Å². The molecule has 0 atom stereocenters. The Labute approximate surface area is 103 Å². The summed E-state index contributed by atoms with van der Waals surface area (Å²) in [6, 6.07) is 7.61. The molecule has 4 nitrogen and oxygen atoms in total. The zero-order chi connectivity index (χ0) is 11.5. The number of hydrogen-bond donors (Lipinski definition) is 3. The van der Waals surface area contributed by atoms with Gasteiger partial charge in [-0.05, 0) is 29.9 Å². The SMILES string of the molecule is Nc1ccc(Cc2n[nH]c(=S)[nH]c2=S)cc1. The molecule has 0 unspecified atom stereocenters. The summed E-state index contributed by atoms with van der Waals surface area (Å²) in [7, 11) is 0. The first-order valence-corrected chi connectivity index (χ1v) is 5.49. The van der Waals surface area contributed by atoms with Gasteiger partial charge in [0.25, 0.3) is 0 Å². The van der Waals surface area contributed by atoms with E-state index in [1.54, 1.807) is 0 Å². The quantitative estimate of drug-likeness (QED) is 0.565. The Bertz CT molecular complexity index is 597. The van der Waals surface area contributed by atoms with Gasteiger partial charge in [-0.25, -0.2) is 0 Å². The van der Waals surface area contributed by atoms with Crippen molar-refractivity contribution in [1.29, 1.82) is 0 Å². The predicted octanol–water partition coefficient (Wildman–Crippen LogP) is 2.37. The number of nitrogens with zero attached hydrogens (tertiary/aromatic N) is 1. The fourth-order valence-electron chi connectivity index (χ4n) is 1.32. The van der Waals surface area contributed by atoms with Crippen LogP contribution in [0.4, 0.5) is 5.69 Å². The largest absolute Gasteiger partial charge is 0.399 e. The van der Waals surface area contributed by atoms with Crippen molar-refractivity contribution >= 4 is 30.1 Å². The van der Waals surface area contributed by atoms with Crippen molar-refractivity contribution in [3.05, 3.63) is 44.9 Å². The number of aromatic nitrogens is 3. The maximum Gasteiger partial charge on any atom is 0.192 e. The van der Waals surface area contributed by atoms with Crippen LogP contribution in [-0.2, 0) is 6.42 Å². The van der Waals surface area contributed by atoms with Crippen molar-refractivity contribution < 1.29 is 0 Å². The van der Waals surface area contributed by atoms with Crippen LogP contribution >= 0.6 is 24.4 Å². The van der Waals surface area contributed by atoms with E-state index in [0.29, 0.717) is 15.8 Å². The van der Waals surface area contributed by atoms with Crippen molar-refractivity contribution in [2.75, 3.05) is 5.73 Å². The molecule has 1 aromatic carbocycles. The van der Waals surface area contributed by atoms with Gasteiger partial charge in [-0.2, -0.15) is 5.10 Å². The van der Waals surface area contributed by atoms with Crippen LogP contribution in [0.15, 0.2) is 24.3 Å². The molecule has 0 saturated carbocycles. The molecule has 0 radical (unpaired) electrons. The highest BCUT2D eigenvalue weighted by molar-refractivity contribution is 7.72. The summed E-state index contributed by atoms with van der Waals surface area (Å²) in [6.07, 6.45) is 0.654. The van der Waals surface area contributed by atoms with Gasteiger partial charge in [0.15, 0.2) is 4.77 Å². The van der Waals surface area contributed by atoms with Gasteiger partial charge in [0.2, 0.25) is 0 Å². The second-order valence-electron chi connectivity index (χ2n) is 3.37. The molecule has 2 aromatic rings. The van der Waals surface area contributed by atoms with Gasteiger partial charge in [0, 0.05) is 12.1 Å². The van der Waals surface area contributed by atoms with Crippen LogP contribution in [0, 0.1) is 9.41 Å². The van der Waals surface area contributed by atoms with Gasteiger partial charge in [-0.1, -0.05) is 24.4 Å². The van der Waals surface area contributed by atoms with Crippen LogP contribution in [0.2, 0.25) is 0 Å². The first-order chi connectivity index (χ1) is 7.65. The second-order valence-corrected chi connectivity index (χ2v) is 4.19. The lowest BCUT2D eigenvalue weighted by atomic mass is 10.1. The van der Waals surface area contributed by atoms with Gasteiger partial charge in [0.05, 0.1) is 5.69 Å². The molecule has 0 saturated heterocycles. The average molecular weight is 250 g/mol. The zero-order valence-electron chi connectivity index (χ0n) is 8.36. The number of rotatable bonds is 2. The minimum Gasteiger partial charge on any atom is -0.399 e. The van der Waals surface area contributed by atoms with Crippen molar-refractivity contribution in [3.63, 3.8) is 0 Å². The van der Waals surface area contributed by atoms with Crippen LogP contribution < -0.4 is 5.73 Å². The van der Waals surface area contributed by atoms with Crippen molar-refractivity contribution in [2.45, 2.75) is 6.42 Å². The van der Waals surface area contributed by atoms with Gasteiger partial charge >= 0.3 is 0 Å². The lowest BCUT2D eigenvalue weighted by molar-refractivity contribution is 0.868. The van der Waals surface area contributed by atoms with E-state index in [1.165, 1.54) is 0 Å². The molecule has 0 aliphatic rings. The molecule has 1 aromatic heterocycles. The van der Waals surface area contributed by atoms with E-state index in [-0.39, 0.29) is 0 Å². The fourth-order valence-corrected chi connectivity index (χ4v) is 1.75. The van der Waals surface area contributed by atoms with Crippen LogP contribution in [0.1, 0.15) is 11.3 Å². The molecule has 0 aliphatic carbocycles. The van der Waals surface area contributed by atoms with E-state index in [4.69, 9.17) is 30.2 Å². The molecule has 0 fully saturated rings. The molecule has 0 amide bonds. The second kappa shape index (κ2) is 4.54. The van der Waals surface area contributed by atoms with E-state index >= 15 is 0 Å². The molecule has 16 heavy (non-hydrogen) atoms.